The summed E-state index contributed by atoms with van der Waals surface area (Å²) in [6.45, 7) is 0.647. The molecular weight excluding hydrogens is 460 g/mol. The molecule has 0 saturated heterocycles. The van der Waals surface area contributed by atoms with Crippen molar-refractivity contribution in [1.82, 2.24) is 19.7 Å². The van der Waals surface area contributed by atoms with Crippen molar-refractivity contribution in [3.63, 3.8) is 0 Å². The van der Waals surface area contributed by atoms with Crippen LogP contribution in [0.5, 0.6) is 11.5 Å². The first kappa shape index (κ1) is 20.0. The molecule has 8 nitrogen and oxygen atoms in total. The molecule has 2 aromatic carbocycles. The minimum atomic E-state index is -0.0482. The maximum Gasteiger partial charge on any atom is 0.272 e. The Labute approximate surface area is 195 Å². The molecule has 10 heteroatoms. The molecule has 0 fully saturated rings. The maximum atomic E-state index is 13.2. The summed E-state index contributed by atoms with van der Waals surface area (Å²) in [6.07, 6.45) is 0. The molecule has 3 aromatic heterocycles. The first-order valence-electron chi connectivity index (χ1n) is 10.1. The van der Waals surface area contributed by atoms with Crippen LogP contribution < -0.4 is 15.0 Å². The summed E-state index contributed by atoms with van der Waals surface area (Å²) in [6, 6.07) is 17.2. The number of aromatic nitrogens is 4. The van der Waals surface area contributed by atoms with Gasteiger partial charge in [0.25, 0.3) is 5.56 Å². The zero-order valence-electron chi connectivity index (χ0n) is 17.1. The third kappa shape index (κ3) is 3.87. The van der Waals surface area contributed by atoms with Crippen molar-refractivity contribution in [1.29, 1.82) is 0 Å². The monoisotopic (exact) mass is 476 g/mol. The van der Waals surface area contributed by atoms with Gasteiger partial charge in [0.15, 0.2) is 16.7 Å². The highest BCUT2D eigenvalue weighted by Crippen LogP contribution is 2.35. The fourth-order valence-corrected chi connectivity index (χ4v) is 5.15. The Hall–Kier alpha value is -3.63. The summed E-state index contributed by atoms with van der Waals surface area (Å²) in [4.78, 5) is 22.4. The molecule has 0 amide bonds. The van der Waals surface area contributed by atoms with Crippen LogP contribution in [0.3, 0.4) is 0 Å². The SMILES string of the molecule is O=c1c2sccc2nc(SCc2nc(-c3ccc4c(c3)OCO4)no2)n1Cc1ccccc1. The molecule has 0 bridgehead atoms. The van der Waals surface area contributed by atoms with Crippen LogP contribution in [0.25, 0.3) is 21.6 Å². The summed E-state index contributed by atoms with van der Waals surface area (Å²) in [5.74, 6) is 2.65. The minimum absolute atomic E-state index is 0.0482. The number of ether oxygens (including phenoxy) is 2. The lowest BCUT2D eigenvalue weighted by Gasteiger charge is -2.11. The van der Waals surface area contributed by atoms with Gasteiger partial charge in [-0.3, -0.25) is 9.36 Å². The Morgan fingerprint density at radius 3 is 2.82 bits per heavy atom. The largest absolute Gasteiger partial charge is 0.454 e. The quantitative estimate of drug-likeness (QED) is 0.260. The second-order valence-electron chi connectivity index (χ2n) is 7.27. The minimum Gasteiger partial charge on any atom is -0.454 e. The molecule has 33 heavy (non-hydrogen) atoms. The van der Waals surface area contributed by atoms with E-state index in [9.17, 15) is 4.79 Å². The Bertz CT molecular complexity index is 1510. The van der Waals surface area contributed by atoms with Crippen molar-refractivity contribution in [3.8, 4) is 22.9 Å². The van der Waals surface area contributed by atoms with E-state index in [-0.39, 0.29) is 12.4 Å². The van der Waals surface area contributed by atoms with Crippen LogP contribution in [0, 0.1) is 0 Å². The van der Waals surface area contributed by atoms with Gasteiger partial charge in [0, 0.05) is 5.56 Å². The van der Waals surface area contributed by atoms with E-state index in [0.29, 0.717) is 50.9 Å². The van der Waals surface area contributed by atoms with E-state index in [1.165, 1.54) is 23.1 Å². The number of thiophene rings is 1. The lowest BCUT2D eigenvalue weighted by atomic mass is 10.2. The Kier molecular flexibility index (Phi) is 5.08. The summed E-state index contributed by atoms with van der Waals surface area (Å²) in [5.41, 5.74) is 2.46. The van der Waals surface area contributed by atoms with Crippen LogP contribution in [0.1, 0.15) is 11.5 Å². The summed E-state index contributed by atoms with van der Waals surface area (Å²) < 4.78 is 18.6. The van der Waals surface area contributed by atoms with E-state index in [1.807, 2.05) is 60.0 Å². The highest BCUT2D eigenvalue weighted by molar-refractivity contribution is 7.98. The molecule has 0 radical (unpaired) electrons. The smallest absolute Gasteiger partial charge is 0.272 e. The zero-order valence-corrected chi connectivity index (χ0v) is 18.8. The van der Waals surface area contributed by atoms with Gasteiger partial charge in [-0.15, -0.1) is 11.3 Å². The number of benzene rings is 2. The van der Waals surface area contributed by atoms with Crippen LogP contribution in [0.15, 0.2) is 74.5 Å². The Morgan fingerprint density at radius 2 is 1.91 bits per heavy atom. The molecule has 0 saturated carbocycles. The molecule has 164 valence electrons. The van der Waals surface area contributed by atoms with E-state index in [2.05, 4.69) is 10.1 Å². The average Bonchev–Trinajstić information content (AvgIpc) is 3.60. The van der Waals surface area contributed by atoms with E-state index < -0.39 is 0 Å². The first-order chi connectivity index (χ1) is 16.2. The lowest BCUT2D eigenvalue weighted by molar-refractivity contribution is 0.174. The third-order valence-corrected chi connectivity index (χ3v) is 6.99. The number of thioether (sulfide) groups is 1. The van der Waals surface area contributed by atoms with Crippen LogP contribution in [0.4, 0.5) is 0 Å². The van der Waals surface area contributed by atoms with Crippen molar-refractivity contribution in [2.45, 2.75) is 17.5 Å². The molecule has 0 N–H and O–H groups in total. The van der Waals surface area contributed by atoms with Gasteiger partial charge >= 0.3 is 0 Å². The van der Waals surface area contributed by atoms with Crippen molar-refractivity contribution in [2.75, 3.05) is 6.79 Å². The Morgan fingerprint density at radius 1 is 1.03 bits per heavy atom. The number of rotatable bonds is 6. The van der Waals surface area contributed by atoms with Crippen LogP contribution in [-0.4, -0.2) is 26.5 Å². The molecule has 0 aliphatic carbocycles. The summed E-state index contributed by atoms with van der Waals surface area (Å²) >= 11 is 2.80. The van der Waals surface area contributed by atoms with Gasteiger partial charge in [0.1, 0.15) is 4.70 Å². The first-order valence-corrected chi connectivity index (χ1v) is 12.0. The maximum absolute atomic E-state index is 13.2. The highest BCUT2D eigenvalue weighted by atomic mass is 32.2. The van der Waals surface area contributed by atoms with Gasteiger partial charge in [0.05, 0.1) is 17.8 Å². The topological polar surface area (TPSA) is 92.3 Å². The second-order valence-corrected chi connectivity index (χ2v) is 9.13. The second kappa shape index (κ2) is 8.38. The molecule has 0 unspecified atom stereocenters. The van der Waals surface area contributed by atoms with Crippen LogP contribution >= 0.6 is 23.1 Å². The number of hydrogen-bond donors (Lipinski definition) is 0. The van der Waals surface area contributed by atoms with Gasteiger partial charge in [-0.25, -0.2) is 4.98 Å². The standard InChI is InChI=1S/C23H16N4O4S2/c28-22-20-16(8-9-32-20)24-23(27(22)11-14-4-2-1-3-5-14)33-12-19-25-21(26-31-19)15-6-7-17-18(10-15)30-13-29-17/h1-10H,11-13H2. The molecular formula is C23H16N4O4S2. The number of nitrogens with zero attached hydrogens (tertiary/aromatic N) is 4. The van der Waals surface area contributed by atoms with Crippen LogP contribution in [0.2, 0.25) is 0 Å². The zero-order chi connectivity index (χ0) is 22.2. The van der Waals surface area contributed by atoms with E-state index in [0.717, 1.165) is 11.1 Å². The average molecular weight is 477 g/mol. The highest BCUT2D eigenvalue weighted by Gasteiger charge is 2.18. The predicted molar refractivity (Wildman–Crippen MR) is 125 cm³/mol. The van der Waals surface area contributed by atoms with Crippen molar-refractivity contribution >= 4 is 33.3 Å². The van der Waals surface area contributed by atoms with Crippen LogP contribution in [-0.2, 0) is 12.3 Å². The number of hydrogen-bond acceptors (Lipinski definition) is 9. The van der Waals surface area contributed by atoms with E-state index >= 15 is 0 Å². The van der Waals surface area contributed by atoms with E-state index in [1.54, 1.807) is 4.57 Å². The Balaban J connectivity index is 1.27. The molecule has 4 heterocycles. The fraction of sp³-hybridized carbons (Fsp3) is 0.130. The van der Waals surface area contributed by atoms with Gasteiger partial charge in [-0.05, 0) is 35.2 Å². The molecule has 1 aliphatic rings. The molecule has 0 spiro atoms. The normalized spacial score (nSPS) is 12.5. The molecule has 0 atom stereocenters. The van der Waals surface area contributed by atoms with Gasteiger partial charge in [-0.1, -0.05) is 47.3 Å². The molecule has 6 rings (SSSR count). The predicted octanol–water partition coefficient (Wildman–Crippen LogP) is 4.58. The van der Waals surface area contributed by atoms with E-state index in [4.69, 9.17) is 19.0 Å². The van der Waals surface area contributed by atoms with Gasteiger partial charge < -0.3 is 14.0 Å². The van der Waals surface area contributed by atoms with Gasteiger partial charge in [-0.2, -0.15) is 4.98 Å². The van der Waals surface area contributed by atoms with Gasteiger partial charge in [0.2, 0.25) is 18.5 Å². The third-order valence-electron chi connectivity index (χ3n) is 5.14. The van der Waals surface area contributed by atoms with Crippen molar-refractivity contribution in [2.24, 2.45) is 0 Å². The number of fused-ring (bicyclic) bond motifs is 2. The lowest BCUT2D eigenvalue weighted by Crippen LogP contribution is -2.23. The summed E-state index contributed by atoms with van der Waals surface area (Å²) in [7, 11) is 0. The molecule has 1 aliphatic heterocycles. The summed E-state index contributed by atoms with van der Waals surface area (Å²) in [5, 5.41) is 6.58. The molecule has 5 aromatic rings. The van der Waals surface area contributed by atoms with Crippen molar-refractivity contribution < 1.29 is 14.0 Å². The fourth-order valence-electron chi connectivity index (χ4n) is 3.53. The van der Waals surface area contributed by atoms with Crippen molar-refractivity contribution in [3.05, 3.63) is 81.8 Å².